The summed E-state index contributed by atoms with van der Waals surface area (Å²) in [7, 11) is 0. The van der Waals surface area contributed by atoms with Crippen molar-refractivity contribution in [2.75, 3.05) is 0 Å². The highest BCUT2D eigenvalue weighted by atomic mass is 15.0. The summed E-state index contributed by atoms with van der Waals surface area (Å²) < 4.78 is 4.36. The molecule has 2 aliphatic carbocycles. The van der Waals surface area contributed by atoms with Crippen LogP contribution in [0.3, 0.4) is 0 Å². The number of allylic oxidation sites excluding steroid dienone is 2. The van der Waals surface area contributed by atoms with Crippen molar-refractivity contribution in [2.45, 2.75) is 25.7 Å². The molecule has 4 heteroatoms. The minimum absolute atomic E-state index is 0.108. The molecule has 8 aromatic carbocycles. The van der Waals surface area contributed by atoms with Gasteiger partial charge in [-0.3, -0.25) is 0 Å². The first-order valence-electron chi connectivity index (χ1n) is 20.5. The van der Waals surface area contributed by atoms with E-state index in [9.17, 15) is 10.5 Å². The van der Waals surface area contributed by atoms with Gasteiger partial charge in [0.05, 0.1) is 44.6 Å². The standard InChI is InChI=1S/C56H36N4/c1-56(2)46-18-10-8-16-42(46)43-24-20-37(29-47(43)56)36-23-25-49-45(28-36)55-41-15-7-6-13-35(41)22-27-51(55)60(49)53-31-38(32-57)52(30-39(53)33-58)59-48-19-11-9-17-44(48)54-40-14-5-3-4-12-34(40)21-26-50(54)59/h4-31H,3H2,1-2H3. The van der Waals surface area contributed by atoms with Crippen LogP contribution in [0.2, 0.25) is 0 Å². The summed E-state index contributed by atoms with van der Waals surface area (Å²) in [6.45, 7) is 4.64. The van der Waals surface area contributed by atoms with Crippen LogP contribution in [0.4, 0.5) is 0 Å². The quantitative estimate of drug-likeness (QED) is 0.180. The van der Waals surface area contributed by atoms with E-state index in [1.807, 2.05) is 18.2 Å². The zero-order valence-electron chi connectivity index (χ0n) is 33.2. The summed E-state index contributed by atoms with van der Waals surface area (Å²) >= 11 is 0. The number of benzene rings is 8. The SMILES string of the molecule is CC1(C)c2ccccc2-c2ccc(-c3ccc4c(c3)c3c5ccccc5ccc3n4-c3cc(C#N)c(-n4c5ccccc5c5c6c(ccc54)C=CCC=C6)cc3C#N)cc21. The molecule has 0 spiro atoms. The fourth-order valence-electron chi connectivity index (χ4n) is 10.4. The van der Waals surface area contributed by atoms with Crippen LogP contribution in [0.25, 0.3) is 100 Å². The first kappa shape index (κ1) is 34.1. The highest BCUT2D eigenvalue weighted by molar-refractivity contribution is 6.22. The van der Waals surface area contributed by atoms with Crippen molar-refractivity contribution in [3.05, 3.63) is 191 Å². The van der Waals surface area contributed by atoms with Crippen molar-refractivity contribution in [3.63, 3.8) is 0 Å². The van der Waals surface area contributed by atoms with E-state index in [1.165, 1.54) is 33.4 Å². The Kier molecular flexibility index (Phi) is 7.14. The van der Waals surface area contributed by atoms with Crippen LogP contribution in [0.1, 0.15) is 53.6 Å². The van der Waals surface area contributed by atoms with E-state index in [0.717, 1.165) is 71.9 Å². The van der Waals surface area contributed by atoms with Gasteiger partial charge in [-0.2, -0.15) is 10.5 Å². The van der Waals surface area contributed by atoms with Crippen LogP contribution in [0.5, 0.6) is 0 Å². The van der Waals surface area contributed by atoms with Gasteiger partial charge in [0.2, 0.25) is 0 Å². The van der Waals surface area contributed by atoms with E-state index in [-0.39, 0.29) is 5.41 Å². The average Bonchev–Trinajstić information content (AvgIpc) is 3.79. The largest absolute Gasteiger partial charge is 0.308 e. The molecule has 2 heterocycles. The molecular formula is C56H36N4. The second-order valence-corrected chi connectivity index (χ2v) is 16.6. The van der Waals surface area contributed by atoms with Gasteiger partial charge in [0.25, 0.3) is 0 Å². The number of aromatic nitrogens is 2. The normalized spacial score (nSPS) is 13.7. The first-order chi connectivity index (χ1) is 29.4. The molecular weight excluding hydrogens is 729 g/mol. The molecule has 12 rings (SSSR count). The minimum atomic E-state index is -0.108. The second-order valence-electron chi connectivity index (χ2n) is 16.6. The lowest BCUT2D eigenvalue weighted by atomic mass is 9.81. The summed E-state index contributed by atoms with van der Waals surface area (Å²) in [5.41, 5.74) is 16.1. The molecule has 0 fully saturated rings. The van der Waals surface area contributed by atoms with Gasteiger partial charge in [-0.15, -0.1) is 0 Å². The molecule has 0 N–H and O–H groups in total. The third kappa shape index (κ3) is 4.65. The number of nitrogens with zero attached hydrogens (tertiary/aromatic N) is 4. The predicted molar refractivity (Wildman–Crippen MR) is 248 cm³/mol. The number of nitriles is 2. The Morgan fingerprint density at radius 2 is 1.12 bits per heavy atom. The molecule has 10 aromatic rings. The van der Waals surface area contributed by atoms with Gasteiger partial charge in [0.1, 0.15) is 12.1 Å². The third-order valence-electron chi connectivity index (χ3n) is 13.2. The van der Waals surface area contributed by atoms with Gasteiger partial charge in [0.15, 0.2) is 0 Å². The Balaban J connectivity index is 1.10. The van der Waals surface area contributed by atoms with Crippen LogP contribution in [0.15, 0.2) is 158 Å². The Morgan fingerprint density at radius 3 is 1.93 bits per heavy atom. The Labute approximate surface area is 347 Å². The van der Waals surface area contributed by atoms with Crippen molar-refractivity contribution >= 4 is 66.5 Å². The number of fused-ring (bicyclic) bond motifs is 13. The maximum atomic E-state index is 11.0. The van der Waals surface area contributed by atoms with Crippen LogP contribution >= 0.6 is 0 Å². The fraction of sp³-hybridized carbons (Fsp3) is 0.0714. The van der Waals surface area contributed by atoms with Gasteiger partial charge in [-0.05, 0) is 110 Å². The van der Waals surface area contributed by atoms with E-state index < -0.39 is 0 Å². The molecule has 4 nitrogen and oxygen atoms in total. The lowest BCUT2D eigenvalue weighted by Gasteiger charge is -2.22. The Hall–Kier alpha value is -7.92. The average molecular weight is 765 g/mol. The zero-order chi connectivity index (χ0) is 40.3. The molecule has 0 radical (unpaired) electrons. The minimum Gasteiger partial charge on any atom is -0.308 e. The van der Waals surface area contributed by atoms with Crippen molar-refractivity contribution in [3.8, 4) is 45.8 Å². The number of hydrogen-bond acceptors (Lipinski definition) is 2. The molecule has 0 amide bonds. The van der Waals surface area contributed by atoms with Gasteiger partial charge >= 0.3 is 0 Å². The fourth-order valence-corrected chi connectivity index (χ4v) is 10.4. The summed E-state index contributed by atoms with van der Waals surface area (Å²) in [6.07, 6.45) is 9.66. The molecule has 0 bridgehead atoms. The predicted octanol–water partition coefficient (Wildman–Crippen LogP) is 14.2. The van der Waals surface area contributed by atoms with Gasteiger partial charge < -0.3 is 9.13 Å². The van der Waals surface area contributed by atoms with E-state index >= 15 is 0 Å². The van der Waals surface area contributed by atoms with Gasteiger partial charge in [0, 0.05) is 27.0 Å². The molecule has 0 aliphatic heterocycles. The van der Waals surface area contributed by atoms with Gasteiger partial charge in [-0.25, -0.2) is 0 Å². The highest BCUT2D eigenvalue weighted by Gasteiger charge is 2.35. The molecule has 0 atom stereocenters. The topological polar surface area (TPSA) is 57.4 Å². The van der Waals surface area contributed by atoms with Crippen LogP contribution in [0, 0.1) is 22.7 Å². The van der Waals surface area contributed by atoms with Crippen LogP contribution in [-0.4, -0.2) is 9.13 Å². The first-order valence-corrected chi connectivity index (χ1v) is 20.5. The lowest BCUT2D eigenvalue weighted by Crippen LogP contribution is -2.14. The molecule has 2 aromatic heterocycles. The second kappa shape index (κ2) is 12.5. The zero-order valence-corrected chi connectivity index (χ0v) is 33.2. The summed E-state index contributed by atoms with van der Waals surface area (Å²) in [6, 6.07) is 56.8. The molecule has 280 valence electrons. The molecule has 2 aliphatic rings. The highest BCUT2D eigenvalue weighted by Crippen LogP contribution is 2.50. The molecule has 0 unspecified atom stereocenters. The van der Waals surface area contributed by atoms with E-state index in [1.54, 1.807) is 0 Å². The van der Waals surface area contributed by atoms with Crippen molar-refractivity contribution in [2.24, 2.45) is 0 Å². The Morgan fingerprint density at radius 1 is 0.500 bits per heavy atom. The van der Waals surface area contributed by atoms with Crippen molar-refractivity contribution < 1.29 is 0 Å². The Bertz CT molecular complexity index is 3680. The van der Waals surface area contributed by atoms with E-state index in [0.29, 0.717) is 22.5 Å². The summed E-state index contributed by atoms with van der Waals surface area (Å²) in [5, 5.41) is 28.8. The van der Waals surface area contributed by atoms with Crippen LogP contribution in [-0.2, 0) is 5.41 Å². The van der Waals surface area contributed by atoms with Crippen molar-refractivity contribution in [1.29, 1.82) is 10.5 Å². The van der Waals surface area contributed by atoms with Crippen LogP contribution < -0.4 is 0 Å². The smallest absolute Gasteiger partial charge is 0.101 e. The van der Waals surface area contributed by atoms with Gasteiger partial charge in [-0.1, -0.05) is 135 Å². The number of hydrogen-bond donors (Lipinski definition) is 0. The molecule has 0 saturated heterocycles. The number of rotatable bonds is 3. The third-order valence-corrected chi connectivity index (χ3v) is 13.2. The van der Waals surface area contributed by atoms with Crippen molar-refractivity contribution in [1.82, 2.24) is 9.13 Å². The lowest BCUT2D eigenvalue weighted by molar-refractivity contribution is 0.660. The molecule has 60 heavy (non-hydrogen) atoms. The molecule has 0 saturated carbocycles. The maximum Gasteiger partial charge on any atom is 0.101 e. The van der Waals surface area contributed by atoms with E-state index in [4.69, 9.17) is 0 Å². The van der Waals surface area contributed by atoms with E-state index in [2.05, 4.69) is 187 Å². The monoisotopic (exact) mass is 764 g/mol. The maximum absolute atomic E-state index is 11.0. The number of para-hydroxylation sites is 1. The summed E-state index contributed by atoms with van der Waals surface area (Å²) in [5.74, 6) is 0. The summed E-state index contributed by atoms with van der Waals surface area (Å²) in [4.78, 5) is 0.